The second kappa shape index (κ2) is 3.71. The van der Waals surface area contributed by atoms with Crippen molar-refractivity contribution < 1.29 is 9.53 Å². The first-order chi connectivity index (χ1) is 6.81. The zero-order valence-corrected chi connectivity index (χ0v) is 8.37. The van der Waals surface area contributed by atoms with Crippen LogP contribution in [0.25, 0.3) is 10.3 Å². The Morgan fingerprint density at radius 2 is 2.50 bits per heavy atom. The average molecular weight is 208 g/mol. The molecule has 4 nitrogen and oxygen atoms in total. The molecule has 72 valence electrons. The molecule has 5 heteroatoms. The van der Waals surface area contributed by atoms with Gasteiger partial charge in [-0.1, -0.05) is 0 Å². The molecule has 0 radical (unpaired) electrons. The standard InChI is InChI=1S/C9H8N2O2S/c1-2-13-9(12)8-11-7-6(14-8)4-3-5-10-7/h3-5H,2H2,1H3. The zero-order valence-electron chi connectivity index (χ0n) is 7.56. The molecule has 2 aromatic heterocycles. The summed E-state index contributed by atoms with van der Waals surface area (Å²) in [4.78, 5) is 19.4. The Labute approximate surface area is 84.6 Å². The average Bonchev–Trinajstić information content (AvgIpc) is 2.61. The van der Waals surface area contributed by atoms with E-state index in [9.17, 15) is 4.79 Å². The lowest BCUT2D eigenvalue weighted by molar-refractivity contribution is 0.0526. The molecule has 0 spiro atoms. The lowest BCUT2D eigenvalue weighted by atomic mass is 10.5. The lowest BCUT2D eigenvalue weighted by Gasteiger charge is -1.94. The first-order valence-corrected chi connectivity index (χ1v) is 5.01. The van der Waals surface area contributed by atoms with Crippen LogP contribution in [0.5, 0.6) is 0 Å². The number of fused-ring (bicyclic) bond motifs is 1. The highest BCUT2D eigenvalue weighted by molar-refractivity contribution is 7.20. The third-order valence-corrected chi connectivity index (χ3v) is 2.60. The molecule has 0 unspecified atom stereocenters. The van der Waals surface area contributed by atoms with Crippen LogP contribution >= 0.6 is 11.3 Å². The van der Waals surface area contributed by atoms with Gasteiger partial charge in [-0.15, -0.1) is 11.3 Å². The van der Waals surface area contributed by atoms with Gasteiger partial charge in [-0.2, -0.15) is 0 Å². The molecule has 0 aliphatic rings. The Bertz CT molecular complexity index is 434. The predicted molar refractivity (Wildman–Crippen MR) is 53.4 cm³/mol. The number of ether oxygens (including phenoxy) is 1. The molecular weight excluding hydrogens is 200 g/mol. The van der Waals surface area contributed by atoms with Gasteiger partial charge in [-0.25, -0.2) is 14.8 Å². The maximum absolute atomic E-state index is 11.3. The van der Waals surface area contributed by atoms with Crippen LogP contribution in [0.1, 0.15) is 16.7 Å². The SMILES string of the molecule is CCOC(=O)c1nc2ncccc2s1. The lowest BCUT2D eigenvalue weighted by Crippen LogP contribution is -2.03. The van der Waals surface area contributed by atoms with Crippen LogP contribution < -0.4 is 0 Å². The minimum absolute atomic E-state index is 0.362. The van der Waals surface area contributed by atoms with Crippen molar-refractivity contribution in [3.8, 4) is 0 Å². The highest BCUT2D eigenvalue weighted by Crippen LogP contribution is 2.20. The van der Waals surface area contributed by atoms with Crippen molar-refractivity contribution in [2.45, 2.75) is 6.92 Å². The van der Waals surface area contributed by atoms with Gasteiger partial charge >= 0.3 is 5.97 Å². The number of carbonyl (C=O) groups is 1. The Morgan fingerprint density at radius 1 is 1.64 bits per heavy atom. The molecule has 0 aliphatic heterocycles. The first kappa shape index (κ1) is 9.08. The van der Waals surface area contributed by atoms with E-state index in [1.54, 1.807) is 13.1 Å². The molecular formula is C9H8N2O2S. The number of nitrogens with zero attached hydrogens (tertiary/aromatic N) is 2. The Morgan fingerprint density at radius 3 is 3.21 bits per heavy atom. The minimum Gasteiger partial charge on any atom is -0.461 e. The van der Waals surface area contributed by atoms with Crippen LogP contribution in [0.2, 0.25) is 0 Å². The van der Waals surface area contributed by atoms with Gasteiger partial charge in [-0.3, -0.25) is 0 Å². The van der Waals surface area contributed by atoms with Crippen molar-refractivity contribution in [3.63, 3.8) is 0 Å². The van der Waals surface area contributed by atoms with Crippen molar-refractivity contribution in [1.82, 2.24) is 9.97 Å². The normalized spacial score (nSPS) is 10.4. The number of aromatic nitrogens is 2. The van der Waals surface area contributed by atoms with Crippen molar-refractivity contribution in [3.05, 3.63) is 23.3 Å². The molecule has 14 heavy (non-hydrogen) atoms. The van der Waals surface area contributed by atoms with Crippen molar-refractivity contribution in [1.29, 1.82) is 0 Å². The van der Waals surface area contributed by atoms with E-state index in [-0.39, 0.29) is 5.97 Å². The van der Waals surface area contributed by atoms with Crippen LogP contribution in [0.15, 0.2) is 18.3 Å². The van der Waals surface area contributed by atoms with E-state index < -0.39 is 0 Å². The van der Waals surface area contributed by atoms with E-state index in [1.807, 2.05) is 12.1 Å². The summed E-state index contributed by atoms with van der Waals surface area (Å²) < 4.78 is 5.74. The zero-order chi connectivity index (χ0) is 9.97. The van der Waals surface area contributed by atoms with E-state index in [2.05, 4.69) is 9.97 Å². The second-order valence-corrected chi connectivity index (χ2v) is 3.60. The van der Waals surface area contributed by atoms with Crippen LogP contribution in [0.4, 0.5) is 0 Å². The molecule has 0 saturated heterocycles. The quantitative estimate of drug-likeness (QED) is 0.707. The predicted octanol–water partition coefficient (Wildman–Crippen LogP) is 1.87. The summed E-state index contributed by atoms with van der Waals surface area (Å²) in [6, 6.07) is 3.69. The molecule has 2 aromatic rings. The van der Waals surface area contributed by atoms with Gasteiger partial charge in [0.05, 0.1) is 11.3 Å². The third kappa shape index (κ3) is 1.58. The second-order valence-electron chi connectivity index (χ2n) is 2.56. The van der Waals surface area contributed by atoms with Gasteiger partial charge in [-0.05, 0) is 19.1 Å². The first-order valence-electron chi connectivity index (χ1n) is 4.20. The van der Waals surface area contributed by atoms with E-state index in [4.69, 9.17) is 4.74 Å². The molecule has 0 atom stereocenters. The highest BCUT2D eigenvalue weighted by Gasteiger charge is 2.12. The summed E-state index contributed by atoms with van der Waals surface area (Å²) in [5.41, 5.74) is 0.598. The molecule has 0 amide bonds. The van der Waals surface area contributed by atoms with Crippen molar-refractivity contribution >= 4 is 27.7 Å². The van der Waals surface area contributed by atoms with Gasteiger partial charge < -0.3 is 4.74 Å². The van der Waals surface area contributed by atoms with Crippen molar-refractivity contribution in [2.75, 3.05) is 6.61 Å². The van der Waals surface area contributed by atoms with E-state index in [0.717, 1.165) is 4.70 Å². The molecule has 2 rings (SSSR count). The topological polar surface area (TPSA) is 52.1 Å². The summed E-state index contributed by atoms with van der Waals surface area (Å²) in [7, 11) is 0. The number of carbonyl (C=O) groups excluding carboxylic acids is 1. The summed E-state index contributed by atoms with van der Waals surface area (Å²) in [5, 5.41) is 0.362. The van der Waals surface area contributed by atoms with Crippen LogP contribution in [-0.4, -0.2) is 22.5 Å². The molecule has 0 aliphatic carbocycles. The van der Waals surface area contributed by atoms with E-state index in [1.165, 1.54) is 11.3 Å². The Hall–Kier alpha value is -1.49. The molecule has 0 aromatic carbocycles. The number of hydrogen-bond donors (Lipinski definition) is 0. The maximum Gasteiger partial charge on any atom is 0.367 e. The smallest absolute Gasteiger partial charge is 0.367 e. The molecule has 0 N–H and O–H groups in total. The van der Waals surface area contributed by atoms with Gasteiger partial charge in [0.15, 0.2) is 5.65 Å². The van der Waals surface area contributed by atoms with Gasteiger partial charge in [0.2, 0.25) is 5.01 Å². The third-order valence-electron chi connectivity index (χ3n) is 1.62. The number of esters is 1. The van der Waals surface area contributed by atoms with Crippen molar-refractivity contribution in [2.24, 2.45) is 0 Å². The summed E-state index contributed by atoms with van der Waals surface area (Å²) in [6.07, 6.45) is 1.65. The van der Waals surface area contributed by atoms with E-state index >= 15 is 0 Å². The molecule has 0 bridgehead atoms. The molecule has 0 fully saturated rings. The fourth-order valence-corrected chi connectivity index (χ4v) is 1.87. The molecule has 0 saturated carbocycles. The maximum atomic E-state index is 11.3. The van der Waals surface area contributed by atoms with Gasteiger partial charge in [0.25, 0.3) is 0 Å². The minimum atomic E-state index is -0.379. The van der Waals surface area contributed by atoms with Crippen LogP contribution in [0, 0.1) is 0 Å². The summed E-state index contributed by atoms with van der Waals surface area (Å²) in [6.45, 7) is 2.13. The van der Waals surface area contributed by atoms with Crippen LogP contribution in [0.3, 0.4) is 0 Å². The summed E-state index contributed by atoms with van der Waals surface area (Å²) >= 11 is 1.30. The van der Waals surface area contributed by atoms with Crippen LogP contribution in [-0.2, 0) is 4.74 Å². The Kier molecular flexibility index (Phi) is 2.41. The Balaban J connectivity index is 2.40. The van der Waals surface area contributed by atoms with Gasteiger partial charge in [0, 0.05) is 6.20 Å². The number of thiazole rings is 1. The van der Waals surface area contributed by atoms with E-state index in [0.29, 0.717) is 17.3 Å². The monoisotopic (exact) mass is 208 g/mol. The fourth-order valence-electron chi connectivity index (χ4n) is 1.05. The largest absolute Gasteiger partial charge is 0.461 e. The number of hydrogen-bond acceptors (Lipinski definition) is 5. The summed E-state index contributed by atoms with van der Waals surface area (Å²) in [5.74, 6) is -0.379. The number of pyridine rings is 1. The fraction of sp³-hybridized carbons (Fsp3) is 0.222. The number of rotatable bonds is 2. The molecule has 2 heterocycles. The highest BCUT2D eigenvalue weighted by atomic mass is 32.1. The van der Waals surface area contributed by atoms with Gasteiger partial charge in [0.1, 0.15) is 0 Å².